The lowest BCUT2D eigenvalue weighted by atomic mass is 10.0. The van der Waals surface area contributed by atoms with Crippen LogP contribution in [0.25, 0.3) is 0 Å². The molecule has 0 aromatic carbocycles. The zero-order valence-electron chi connectivity index (χ0n) is 10.4. The summed E-state index contributed by atoms with van der Waals surface area (Å²) in [6.07, 6.45) is 1.63. The molecule has 1 rings (SSSR count). The number of nitrogens with zero attached hydrogens (tertiary/aromatic N) is 2. The van der Waals surface area contributed by atoms with E-state index in [0.717, 1.165) is 25.3 Å². The predicted octanol–water partition coefficient (Wildman–Crippen LogP) is 1.11. The number of hydrogen-bond acceptors (Lipinski definition) is 4. The molecule has 0 radical (unpaired) electrons. The Morgan fingerprint density at radius 1 is 1.65 bits per heavy atom. The van der Waals surface area contributed by atoms with Crippen molar-refractivity contribution in [1.82, 2.24) is 4.90 Å². The number of hydrogen-bond donors (Lipinski definition) is 2. The van der Waals surface area contributed by atoms with E-state index < -0.39 is 5.92 Å². The second-order valence-corrected chi connectivity index (χ2v) is 5.58. The predicted molar refractivity (Wildman–Crippen MR) is 70.3 cm³/mol. The SMILES string of the molecule is CCC1CN(C(=O)C(CC)C(N)=NO)CCS1. The Bertz CT molecular complexity index is 296. The highest BCUT2D eigenvalue weighted by Gasteiger charge is 2.29. The first-order valence-corrected chi connectivity index (χ1v) is 7.06. The summed E-state index contributed by atoms with van der Waals surface area (Å²) in [6, 6.07) is 0. The molecule has 2 atom stereocenters. The Kier molecular flexibility index (Phi) is 5.61. The molecule has 1 heterocycles. The van der Waals surface area contributed by atoms with Crippen molar-refractivity contribution in [1.29, 1.82) is 0 Å². The number of nitrogens with two attached hydrogens (primary N) is 1. The average molecular weight is 259 g/mol. The van der Waals surface area contributed by atoms with Gasteiger partial charge in [-0.3, -0.25) is 4.79 Å². The van der Waals surface area contributed by atoms with Crippen LogP contribution < -0.4 is 5.73 Å². The van der Waals surface area contributed by atoms with Gasteiger partial charge in [0.1, 0.15) is 0 Å². The molecular formula is C11H21N3O2S. The van der Waals surface area contributed by atoms with Crippen molar-refractivity contribution in [2.24, 2.45) is 16.8 Å². The fraction of sp³-hybridized carbons (Fsp3) is 0.818. The van der Waals surface area contributed by atoms with Crippen molar-refractivity contribution in [3.8, 4) is 0 Å². The number of amidine groups is 1. The van der Waals surface area contributed by atoms with Crippen LogP contribution in [0.2, 0.25) is 0 Å². The lowest BCUT2D eigenvalue weighted by Crippen LogP contribution is -2.47. The summed E-state index contributed by atoms with van der Waals surface area (Å²) < 4.78 is 0. The van der Waals surface area contributed by atoms with Gasteiger partial charge in [0.15, 0.2) is 5.84 Å². The Labute approximate surface area is 106 Å². The van der Waals surface area contributed by atoms with Crippen molar-refractivity contribution in [3.05, 3.63) is 0 Å². The van der Waals surface area contributed by atoms with E-state index >= 15 is 0 Å². The van der Waals surface area contributed by atoms with E-state index in [9.17, 15) is 4.79 Å². The molecule has 0 saturated carbocycles. The Hall–Kier alpha value is -0.910. The fourth-order valence-corrected chi connectivity index (χ4v) is 3.15. The molecule has 1 amide bonds. The molecule has 98 valence electrons. The highest BCUT2D eigenvalue weighted by Crippen LogP contribution is 2.22. The largest absolute Gasteiger partial charge is 0.409 e. The number of carbonyl (C=O) groups excluding carboxylic acids is 1. The highest BCUT2D eigenvalue weighted by molar-refractivity contribution is 8.00. The van der Waals surface area contributed by atoms with Gasteiger partial charge in [-0.05, 0) is 12.8 Å². The van der Waals surface area contributed by atoms with Crippen molar-refractivity contribution in [2.75, 3.05) is 18.8 Å². The first-order valence-electron chi connectivity index (χ1n) is 6.01. The van der Waals surface area contributed by atoms with Crippen LogP contribution in [0.5, 0.6) is 0 Å². The minimum atomic E-state index is -0.486. The second kappa shape index (κ2) is 6.74. The molecule has 3 N–H and O–H groups in total. The van der Waals surface area contributed by atoms with E-state index in [1.54, 1.807) is 0 Å². The van der Waals surface area contributed by atoms with Crippen molar-refractivity contribution in [3.63, 3.8) is 0 Å². The molecule has 17 heavy (non-hydrogen) atoms. The van der Waals surface area contributed by atoms with E-state index in [-0.39, 0.29) is 11.7 Å². The molecule has 6 heteroatoms. The number of amides is 1. The van der Waals surface area contributed by atoms with Gasteiger partial charge in [-0.1, -0.05) is 19.0 Å². The van der Waals surface area contributed by atoms with E-state index in [2.05, 4.69) is 12.1 Å². The van der Waals surface area contributed by atoms with E-state index in [4.69, 9.17) is 10.9 Å². The van der Waals surface area contributed by atoms with Crippen molar-refractivity contribution < 1.29 is 10.0 Å². The molecule has 1 saturated heterocycles. The zero-order chi connectivity index (χ0) is 12.8. The van der Waals surface area contributed by atoms with Crippen LogP contribution in [0, 0.1) is 5.92 Å². The van der Waals surface area contributed by atoms with Crippen molar-refractivity contribution >= 4 is 23.5 Å². The Morgan fingerprint density at radius 3 is 2.88 bits per heavy atom. The smallest absolute Gasteiger partial charge is 0.233 e. The van der Waals surface area contributed by atoms with Crippen LogP contribution >= 0.6 is 11.8 Å². The van der Waals surface area contributed by atoms with E-state index in [1.165, 1.54) is 0 Å². The van der Waals surface area contributed by atoms with E-state index in [0.29, 0.717) is 11.7 Å². The molecular weight excluding hydrogens is 238 g/mol. The second-order valence-electron chi connectivity index (χ2n) is 4.17. The lowest BCUT2D eigenvalue weighted by Gasteiger charge is -2.33. The fourth-order valence-electron chi connectivity index (χ4n) is 1.97. The standard InChI is InChI=1S/C11H21N3O2S/c1-3-8-7-14(5-6-17-8)11(15)9(4-2)10(12)13-16/h8-9,16H,3-7H2,1-2H3,(H2,12,13). The summed E-state index contributed by atoms with van der Waals surface area (Å²) in [6.45, 7) is 5.54. The molecule has 0 aromatic heterocycles. The van der Waals surface area contributed by atoms with Gasteiger partial charge >= 0.3 is 0 Å². The summed E-state index contributed by atoms with van der Waals surface area (Å²) in [4.78, 5) is 14.1. The van der Waals surface area contributed by atoms with Gasteiger partial charge in [-0.25, -0.2) is 0 Å². The van der Waals surface area contributed by atoms with Gasteiger partial charge in [-0.2, -0.15) is 11.8 Å². The molecule has 1 aliphatic heterocycles. The topological polar surface area (TPSA) is 78.9 Å². The zero-order valence-corrected chi connectivity index (χ0v) is 11.2. The number of carbonyl (C=O) groups is 1. The minimum Gasteiger partial charge on any atom is -0.409 e. The highest BCUT2D eigenvalue weighted by atomic mass is 32.2. The molecule has 1 fully saturated rings. The average Bonchev–Trinajstić information content (AvgIpc) is 2.39. The Balaban J connectivity index is 2.67. The quantitative estimate of drug-likeness (QED) is 0.343. The van der Waals surface area contributed by atoms with Crippen LogP contribution in [0.3, 0.4) is 0 Å². The van der Waals surface area contributed by atoms with Crippen molar-refractivity contribution in [2.45, 2.75) is 31.9 Å². The monoisotopic (exact) mass is 259 g/mol. The first-order chi connectivity index (χ1) is 8.13. The van der Waals surface area contributed by atoms with Crippen LogP contribution in [0.15, 0.2) is 5.16 Å². The van der Waals surface area contributed by atoms with Gasteiger partial charge in [0.25, 0.3) is 0 Å². The summed E-state index contributed by atoms with van der Waals surface area (Å²) >= 11 is 1.91. The molecule has 0 bridgehead atoms. The summed E-state index contributed by atoms with van der Waals surface area (Å²) in [5.74, 6) is 0.488. The van der Waals surface area contributed by atoms with Crippen LogP contribution in [-0.4, -0.2) is 45.9 Å². The van der Waals surface area contributed by atoms with Crippen LogP contribution in [0.4, 0.5) is 0 Å². The third kappa shape index (κ3) is 3.52. The molecule has 0 aliphatic carbocycles. The van der Waals surface area contributed by atoms with Crippen LogP contribution in [0.1, 0.15) is 26.7 Å². The first kappa shape index (κ1) is 14.2. The summed E-state index contributed by atoms with van der Waals surface area (Å²) in [5.41, 5.74) is 5.55. The number of rotatable bonds is 4. The molecule has 1 aliphatic rings. The molecule has 5 nitrogen and oxygen atoms in total. The molecule has 0 spiro atoms. The van der Waals surface area contributed by atoms with E-state index in [1.807, 2.05) is 23.6 Å². The van der Waals surface area contributed by atoms with Gasteiger partial charge in [-0.15, -0.1) is 0 Å². The molecule has 2 unspecified atom stereocenters. The summed E-state index contributed by atoms with van der Waals surface area (Å²) in [5, 5.41) is 12.1. The summed E-state index contributed by atoms with van der Waals surface area (Å²) in [7, 11) is 0. The maximum atomic E-state index is 12.2. The minimum absolute atomic E-state index is 0.0125. The number of oxime groups is 1. The van der Waals surface area contributed by atoms with Gasteiger partial charge < -0.3 is 15.8 Å². The lowest BCUT2D eigenvalue weighted by molar-refractivity contribution is -0.133. The third-order valence-corrected chi connectivity index (χ3v) is 4.46. The normalized spacial score (nSPS) is 23.5. The van der Waals surface area contributed by atoms with Crippen LogP contribution in [-0.2, 0) is 4.79 Å². The maximum Gasteiger partial charge on any atom is 0.233 e. The third-order valence-electron chi connectivity index (χ3n) is 3.08. The molecule has 0 aromatic rings. The number of thioether (sulfide) groups is 1. The maximum absolute atomic E-state index is 12.2. The van der Waals surface area contributed by atoms with Gasteiger partial charge in [0.2, 0.25) is 5.91 Å². The van der Waals surface area contributed by atoms with Gasteiger partial charge in [0, 0.05) is 24.1 Å². The van der Waals surface area contributed by atoms with Gasteiger partial charge in [0.05, 0.1) is 5.92 Å². The Morgan fingerprint density at radius 2 is 2.35 bits per heavy atom.